The summed E-state index contributed by atoms with van der Waals surface area (Å²) in [5.74, 6) is 1.63. The summed E-state index contributed by atoms with van der Waals surface area (Å²) in [6.45, 7) is 6.51. The van der Waals surface area contributed by atoms with Gasteiger partial charge in [-0.2, -0.15) is 0 Å². The van der Waals surface area contributed by atoms with Crippen LogP contribution in [0.3, 0.4) is 0 Å². The normalized spacial score (nSPS) is 14.3. The fourth-order valence-electron chi connectivity index (χ4n) is 4.44. The number of piperazine rings is 1. The molecule has 1 saturated heterocycles. The van der Waals surface area contributed by atoms with Crippen LogP contribution in [0.4, 0.5) is 0 Å². The fourth-order valence-corrected chi connectivity index (χ4v) is 4.44. The third-order valence-corrected chi connectivity index (χ3v) is 6.27. The van der Waals surface area contributed by atoms with E-state index < -0.39 is 0 Å². The molecule has 0 radical (unpaired) electrons. The molecule has 1 fully saturated rings. The predicted octanol–water partition coefficient (Wildman–Crippen LogP) is 5.00. The maximum atomic E-state index is 12.3. The van der Waals surface area contributed by atoms with Crippen molar-refractivity contribution in [2.24, 2.45) is 0 Å². The van der Waals surface area contributed by atoms with Gasteiger partial charge in [0, 0.05) is 50.7 Å². The zero-order valence-electron chi connectivity index (χ0n) is 19.6. The minimum absolute atomic E-state index is 0. The predicted molar refractivity (Wildman–Crippen MR) is 145 cm³/mol. The highest BCUT2D eigenvalue weighted by molar-refractivity contribution is 6.04. The van der Waals surface area contributed by atoms with E-state index in [2.05, 4.69) is 21.9 Å². The first-order chi connectivity index (χ1) is 16.2. The molecular formula is C27H30Cl2N2O4. The molecular weight excluding hydrogens is 487 g/mol. The molecule has 0 atom stereocenters. The monoisotopic (exact) mass is 516 g/mol. The van der Waals surface area contributed by atoms with Gasteiger partial charge < -0.3 is 13.9 Å². The van der Waals surface area contributed by atoms with Gasteiger partial charge in [-0.15, -0.1) is 24.8 Å². The van der Waals surface area contributed by atoms with Crippen molar-refractivity contribution in [3.63, 3.8) is 0 Å². The van der Waals surface area contributed by atoms with Gasteiger partial charge in [-0.3, -0.25) is 9.80 Å². The molecule has 35 heavy (non-hydrogen) atoms. The Morgan fingerprint density at radius 3 is 2.31 bits per heavy atom. The third-order valence-electron chi connectivity index (χ3n) is 6.27. The van der Waals surface area contributed by atoms with E-state index in [1.54, 1.807) is 13.2 Å². The topological polar surface area (TPSA) is 55.1 Å². The smallest absolute Gasteiger partial charge is 0.344 e. The van der Waals surface area contributed by atoms with Crippen LogP contribution in [0.15, 0.2) is 75.9 Å². The molecule has 8 heteroatoms. The molecule has 2 heterocycles. The molecule has 4 aromatic rings. The Hall–Kier alpha value is -2.77. The minimum atomic E-state index is -0.318. The van der Waals surface area contributed by atoms with Gasteiger partial charge in [0.05, 0.1) is 12.5 Å². The van der Waals surface area contributed by atoms with Crippen molar-refractivity contribution >= 4 is 46.6 Å². The summed E-state index contributed by atoms with van der Waals surface area (Å²) in [5, 5.41) is 2.43. The van der Waals surface area contributed by atoms with Crippen LogP contribution in [0.1, 0.15) is 5.56 Å². The zero-order valence-corrected chi connectivity index (χ0v) is 21.3. The van der Waals surface area contributed by atoms with Crippen molar-refractivity contribution in [2.45, 2.75) is 6.54 Å². The van der Waals surface area contributed by atoms with E-state index in [0.717, 1.165) is 61.5 Å². The summed E-state index contributed by atoms with van der Waals surface area (Å²) in [6, 6.07) is 21.5. The molecule has 0 N–H and O–H groups in total. The van der Waals surface area contributed by atoms with Gasteiger partial charge in [0.2, 0.25) is 0 Å². The van der Waals surface area contributed by atoms with Gasteiger partial charge in [0.25, 0.3) is 0 Å². The van der Waals surface area contributed by atoms with Gasteiger partial charge in [-0.25, -0.2) is 4.79 Å². The van der Waals surface area contributed by atoms with Crippen LogP contribution in [0.2, 0.25) is 0 Å². The molecule has 3 aromatic carbocycles. The third kappa shape index (κ3) is 6.27. The van der Waals surface area contributed by atoms with E-state index in [0.29, 0.717) is 17.6 Å². The van der Waals surface area contributed by atoms with Gasteiger partial charge >= 0.3 is 5.63 Å². The van der Waals surface area contributed by atoms with E-state index in [4.69, 9.17) is 13.9 Å². The van der Waals surface area contributed by atoms with E-state index in [-0.39, 0.29) is 30.4 Å². The Morgan fingerprint density at radius 1 is 0.800 bits per heavy atom. The maximum Gasteiger partial charge on any atom is 0.344 e. The lowest BCUT2D eigenvalue weighted by molar-refractivity contribution is 0.112. The lowest BCUT2D eigenvalue weighted by Crippen LogP contribution is -2.47. The van der Waals surface area contributed by atoms with Crippen LogP contribution in [0.25, 0.3) is 21.7 Å². The summed E-state index contributed by atoms with van der Waals surface area (Å²) < 4.78 is 16.8. The second-order valence-electron chi connectivity index (χ2n) is 8.41. The highest BCUT2D eigenvalue weighted by atomic mass is 35.5. The number of hydrogen-bond acceptors (Lipinski definition) is 6. The van der Waals surface area contributed by atoms with Gasteiger partial charge in [0.1, 0.15) is 23.7 Å². The Balaban J connectivity index is 0.00000171. The van der Waals surface area contributed by atoms with E-state index in [1.165, 1.54) is 5.56 Å². The Morgan fingerprint density at radius 2 is 1.54 bits per heavy atom. The molecule has 1 aliphatic heterocycles. The molecule has 0 spiro atoms. The molecule has 0 saturated carbocycles. The van der Waals surface area contributed by atoms with Crippen LogP contribution in [-0.2, 0) is 6.54 Å². The summed E-state index contributed by atoms with van der Waals surface area (Å²) in [6.07, 6.45) is 0. The van der Waals surface area contributed by atoms with Gasteiger partial charge in [-0.05, 0) is 41.3 Å². The summed E-state index contributed by atoms with van der Waals surface area (Å²) in [4.78, 5) is 17.2. The van der Waals surface area contributed by atoms with Crippen LogP contribution < -0.4 is 15.1 Å². The Bertz CT molecular complexity index is 1320. The number of benzene rings is 3. The molecule has 6 nitrogen and oxygen atoms in total. The summed E-state index contributed by atoms with van der Waals surface area (Å²) >= 11 is 0. The van der Waals surface area contributed by atoms with E-state index >= 15 is 0 Å². The summed E-state index contributed by atoms with van der Waals surface area (Å²) in [5.41, 5.74) is 1.52. The number of methoxy groups -OCH3 is 1. The average molecular weight is 517 g/mol. The SMILES string of the molecule is COc1cccc(CN2CCN(CCOc3ccc4c(c3)oc(=O)c3ccccc34)CC2)c1.Cl.Cl. The van der Waals surface area contributed by atoms with Crippen molar-refractivity contribution in [1.82, 2.24) is 9.80 Å². The number of rotatable bonds is 7. The van der Waals surface area contributed by atoms with Crippen LogP contribution in [0, 0.1) is 0 Å². The number of ether oxygens (including phenoxy) is 2. The largest absolute Gasteiger partial charge is 0.497 e. The molecule has 5 rings (SSSR count). The lowest BCUT2D eigenvalue weighted by atomic mass is 10.1. The van der Waals surface area contributed by atoms with Crippen molar-refractivity contribution in [1.29, 1.82) is 0 Å². The Kier molecular flexibility index (Phi) is 9.40. The molecule has 0 amide bonds. The first-order valence-corrected chi connectivity index (χ1v) is 11.4. The quantitative estimate of drug-likeness (QED) is 0.254. The van der Waals surface area contributed by atoms with Crippen molar-refractivity contribution < 1.29 is 13.9 Å². The van der Waals surface area contributed by atoms with E-state index in [1.807, 2.05) is 48.5 Å². The number of nitrogens with zero attached hydrogens (tertiary/aromatic N) is 2. The van der Waals surface area contributed by atoms with Crippen molar-refractivity contribution in [2.75, 3.05) is 46.4 Å². The lowest BCUT2D eigenvalue weighted by Gasteiger charge is -2.34. The molecule has 0 unspecified atom stereocenters. The highest BCUT2D eigenvalue weighted by Crippen LogP contribution is 2.26. The molecule has 1 aromatic heterocycles. The Labute approximate surface area is 217 Å². The van der Waals surface area contributed by atoms with E-state index in [9.17, 15) is 4.79 Å². The highest BCUT2D eigenvalue weighted by Gasteiger charge is 2.17. The zero-order chi connectivity index (χ0) is 22.6. The first-order valence-electron chi connectivity index (χ1n) is 11.4. The second kappa shape index (κ2) is 12.3. The number of fused-ring (bicyclic) bond motifs is 3. The molecule has 0 aliphatic carbocycles. The minimum Gasteiger partial charge on any atom is -0.497 e. The standard InChI is InChI=1S/C27H28N2O4.2ClH/c1-31-21-6-4-5-20(17-21)19-29-13-11-28(12-14-29)15-16-32-22-9-10-24-23-7-2-3-8-25(23)27(30)33-26(24)18-22;;/h2-10,17-18H,11-16,19H2,1H3;2*1H. The first kappa shape index (κ1) is 26.8. The average Bonchev–Trinajstić information content (AvgIpc) is 2.85. The molecule has 0 bridgehead atoms. The summed E-state index contributed by atoms with van der Waals surface area (Å²) in [7, 11) is 1.70. The van der Waals surface area contributed by atoms with Crippen LogP contribution >= 0.6 is 24.8 Å². The maximum absolute atomic E-state index is 12.3. The van der Waals surface area contributed by atoms with Crippen LogP contribution in [0.5, 0.6) is 11.5 Å². The van der Waals surface area contributed by atoms with Gasteiger partial charge in [-0.1, -0.05) is 30.3 Å². The second-order valence-corrected chi connectivity index (χ2v) is 8.41. The van der Waals surface area contributed by atoms with Crippen molar-refractivity contribution in [3.8, 4) is 11.5 Å². The van der Waals surface area contributed by atoms with Crippen molar-refractivity contribution in [3.05, 3.63) is 82.7 Å². The fraction of sp³-hybridized carbons (Fsp3) is 0.296. The number of hydrogen-bond donors (Lipinski definition) is 0. The van der Waals surface area contributed by atoms with Gasteiger partial charge in [0.15, 0.2) is 0 Å². The van der Waals surface area contributed by atoms with Crippen LogP contribution in [-0.4, -0.2) is 56.2 Å². The number of halogens is 2. The molecule has 1 aliphatic rings. The molecule has 186 valence electrons.